The SMILES string of the molecule is CCC(C)C(NC(=O)C(N)CC(N)=O)C(=O)NC(CCSC)C(=O)NC(CO)C(=O)O. The molecule has 178 valence electrons. The topological polar surface area (TPSA) is 214 Å². The second kappa shape index (κ2) is 14.6. The molecule has 0 aliphatic heterocycles. The van der Waals surface area contributed by atoms with E-state index in [0.29, 0.717) is 12.2 Å². The molecule has 0 heterocycles. The van der Waals surface area contributed by atoms with Crippen LogP contribution in [0, 0.1) is 5.92 Å². The molecular formula is C18H33N5O7S. The molecule has 0 aromatic heterocycles. The maximum Gasteiger partial charge on any atom is 0.328 e. The number of carbonyl (C=O) groups is 5. The highest BCUT2D eigenvalue weighted by atomic mass is 32.2. The fourth-order valence-corrected chi connectivity index (χ4v) is 2.97. The lowest BCUT2D eigenvalue weighted by molar-refractivity contribution is -0.143. The molecule has 31 heavy (non-hydrogen) atoms. The second-order valence-electron chi connectivity index (χ2n) is 7.07. The van der Waals surface area contributed by atoms with Crippen LogP contribution in [0.3, 0.4) is 0 Å². The molecule has 0 fully saturated rings. The maximum absolute atomic E-state index is 12.9. The van der Waals surface area contributed by atoms with Crippen LogP contribution in [0.5, 0.6) is 0 Å². The van der Waals surface area contributed by atoms with Crippen LogP contribution in [0.15, 0.2) is 0 Å². The molecule has 9 N–H and O–H groups in total. The number of hydrogen-bond acceptors (Lipinski definition) is 8. The summed E-state index contributed by atoms with van der Waals surface area (Å²) in [5.41, 5.74) is 10.7. The van der Waals surface area contributed by atoms with Crippen molar-refractivity contribution in [2.24, 2.45) is 17.4 Å². The molecule has 0 radical (unpaired) electrons. The van der Waals surface area contributed by atoms with E-state index in [4.69, 9.17) is 21.7 Å². The van der Waals surface area contributed by atoms with Gasteiger partial charge in [0.15, 0.2) is 0 Å². The number of amides is 4. The van der Waals surface area contributed by atoms with Crippen LogP contribution in [-0.4, -0.2) is 82.6 Å². The number of hydrogen-bond donors (Lipinski definition) is 7. The smallest absolute Gasteiger partial charge is 0.328 e. The Labute approximate surface area is 185 Å². The molecule has 5 unspecified atom stereocenters. The first-order valence-electron chi connectivity index (χ1n) is 9.75. The Morgan fingerprint density at radius 3 is 2.03 bits per heavy atom. The molecule has 0 saturated carbocycles. The minimum Gasteiger partial charge on any atom is -0.480 e. The number of carbonyl (C=O) groups excluding carboxylic acids is 4. The number of rotatable bonds is 15. The Kier molecular flexibility index (Phi) is 13.5. The molecule has 0 bridgehead atoms. The molecule has 0 aromatic rings. The zero-order chi connectivity index (χ0) is 24.1. The summed E-state index contributed by atoms with van der Waals surface area (Å²) in [5, 5.41) is 25.3. The third kappa shape index (κ3) is 10.5. The highest BCUT2D eigenvalue weighted by molar-refractivity contribution is 7.98. The third-order valence-electron chi connectivity index (χ3n) is 4.59. The highest BCUT2D eigenvalue weighted by Gasteiger charge is 2.32. The molecule has 0 spiro atoms. The van der Waals surface area contributed by atoms with Crippen molar-refractivity contribution in [1.82, 2.24) is 16.0 Å². The van der Waals surface area contributed by atoms with Gasteiger partial charge in [-0.15, -0.1) is 0 Å². The van der Waals surface area contributed by atoms with Gasteiger partial charge in [0.05, 0.1) is 19.1 Å². The van der Waals surface area contributed by atoms with Gasteiger partial charge in [-0.05, 0) is 24.3 Å². The molecule has 0 aliphatic carbocycles. The summed E-state index contributed by atoms with van der Waals surface area (Å²) < 4.78 is 0. The second-order valence-corrected chi connectivity index (χ2v) is 8.06. The van der Waals surface area contributed by atoms with E-state index in [0.717, 1.165) is 0 Å². The third-order valence-corrected chi connectivity index (χ3v) is 5.24. The number of carboxylic acids is 1. The van der Waals surface area contributed by atoms with Crippen LogP contribution >= 0.6 is 11.8 Å². The standard InChI is InChI=1S/C18H33N5O7S/c1-4-9(2)14(23-15(26)10(19)7-13(20)25)17(28)21-11(5-6-31-3)16(27)22-12(8-24)18(29)30/h9-12,14,24H,4-8,19H2,1-3H3,(H2,20,25)(H,21,28)(H,22,27)(H,23,26)(H,29,30). The van der Waals surface area contributed by atoms with Gasteiger partial charge < -0.3 is 37.6 Å². The average Bonchev–Trinajstić information content (AvgIpc) is 2.71. The molecule has 12 nitrogen and oxygen atoms in total. The van der Waals surface area contributed by atoms with Crippen LogP contribution in [0.25, 0.3) is 0 Å². The first-order chi connectivity index (χ1) is 14.5. The molecule has 0 aromatic carbocycles. The quantitative estimate of drug-likeness (QED) is 0.137. The summed E-state index contributed by atoms with van der Waals surface area (Å²) in [7, 11) is 0. The predicted molar refractivity (Wildman–Crippen MR) is 115 cm³/mol. The van der Waals surface area contributed by atoms with E-state index < -0.39 is 66.8 Å². The summed E-state index contributed by atoms with van der Waals surface area (Å²) in [4.78, 5) is 59.7. The van der Waals surface area contributed by atoms with Gasteiger partial charge in [-0.25, -0.2) is 4.79 Å². The van der Waals surface area contributed by atoms with Crippen molar-refractivity contribution in [3.8, 4) is 0 Å². The highest BCUT2D eigenvalue weighted by Crippen LogP contribution is 2.10. The van der Waals surface area contributed by atoms with E-state index in [2.05, 4.69) is 16.0 Å². The van der Waals surface area contributed by atoms with Gasteiger partial charge in [-0.1, -0.05) is 20.3 Å². The van der Waals surface area contributed by atoms with Gasteiger partial charge in [-0.2, -0.15) is 11.8 Å². The van der Waals surface area contributed by atoms with Gasteiger partial charge in [0.2, 0.25) is 23.6 Å². The summed E-state index contributed by atoms with van der Waals surface area (Å²) in [6.45, 7) is 2.71. The first-order valence-corrected chi connectivity index (χ1v) is 11.1. The van der Waals surface area contributed by atoms with E-state index in [-0.39, 0.29) is 12.3 Å². The molecule has 4 amide bonds. The maximum atomic E-state index is 12.9. The largest absolute Gasteiger partial charge is 0.480 e. The van der Waals surface area contributed by atoms with Crippen molar-refractivity contribution >= 4 is 41.4 Å². The van der Waals surface area contributed by atoms with Gasteiger partial charge >= 0.3 is 5.97 Å². The van der Waals surface area contributed by atoms with Crippen LogP contribution in [-0.2, 0) is 24.0 Å². The molecule has 5 atom stereocenters. The van der Waals surface area contributed by atoms with Crippen LogP contribution in [0.2, 0.25) is 0 Å². The lowest BCUT2D eigenvalue weighted by Crippen LogP contribution is -2.59. The first kappa shape index (κ1) is 28.6. The number of aliphatic carboxylic acids is 1. The summed E-state index contributed by atoms with van der Waals surface area (Å²) in [6, 6.07) is -4.88. The number of thioether (sulfide) groups is 1. The predicted octanol–water partition coefficient (Wildman–Crippen LogP) is -2.48. The molecule has 13 heteroatoms. The number of aliphatic hydroxyl groups is 1. The fraction of sp³-hybridized carbons (Fsp3) is 0.722. The fourth-order valence-electron chi connectivity index (χ4n) is 2.50. The number of nitrogens with one attached hydrogen (secondary N) is 3. The zero-order valence-electron chi connectivity index (χ0n) is 17.9. The normalized spacial score (nSPS) is 15.6. The molecule has 0 rings (SSSR count). The van der Waals surface area contributed by atoms with Gasteiger partial charge in [-0.3, -0.25) is 19.2 Å². The van der Waals surface area contributed by atoms with Crippen molar-refractivity contribution in [2.45, 2.75) is 57.3 Å². The Morgan fingerprint density at radius 2 is 1.58 bits per heavy atom. The van der Waals surface area contributed by atoms with E-state index in [1.807, 2.05) is 0 Å². The monoisotopic (exact) mass is 463 g/mol. The minimum absolute atomic E-state index is 0.193. The van der Waals surface area contributed by atoms with Gasteiger partial charge in [0, 0.05) is 0 Å². The lowest BCUT2D eigenvalue weighted by Gasteiger charge is -2.27. The Balaban J connectivity index is 5.43. The molecule has 0 saturated heterocycles. The zero-order valence-corrected chi connectivity index (χ0v) is 18.7. The summed E-state index contributed by atoms with van der Waals surface area (Å²) >= 11 is 1.42. The van der Waals surface area contributed by atoms with Crippen molar-refractivity contribution in [3.63, 3.8) is 0 Å². The van der Waals surface area contributed by atoms with Crippen molar-refractivity contribution in [1.29, 1.82) is 0 Å². The Hall–Kier alpha value is -2.38. The number of carboxylic acid groups (broad SMARTS) is 1. The van der Waals surface area contributed by atoms with Crippen molar-refractivity contribution < 1.29 is 34.2 Å². The Bertz CT molecular complexity index is 649. The van der Waals surface area contributed by atoms with Gasteiger partial charge in [0.25, 0.3) is 0 Å². The average molecular weight is 464 g/mol. The minimum atomic E-state index is -1.52. The summed E-state index contributed by atoms with van der Waals surface area (Å²) in [6.07, 6.45) is 2.11. The van der Waals surface area contributed by atoms with Gasteiger partial charge in [0.1, 0.15) is 18.1 Å². The Morgan fingerprint density at radius 1 is 1.00 bits per heavy atom. The van der Waals surface area contributed by atoms with E-state index >= 15 is 0 Å². The lowest BCUT2D eigenvalue weighted by atomic mass is 9.97. The van der Waals surface area contributed by atoms with Crippen LogP contribution in [0.1, 0.15) is 33.1 Å². The number of primary amides is 1. The number of aliphatic hydroxyl groups excluding tert-OH is 1. The van der Waals surface area contributed by atoms with Crippen LogP contribution in [0.4, 0.5) is 0 Å². The van der Waals surface area contributed by atoms with Crippen LogP contribution < -0.4 is 27.4 Å². The van der Waals surface area contributed by atoms with E-state index in [1.165, 1.54) is 11.8 Å². The molecular weight excluding hydrogens is 430 g/mol. The summed E-state index contributed by atoms with van der Waals surface area (Å²) in [5.74, 6) is -4.21. The molecule has 0 aliphatic rings. The number of nitrogens with two attached hydrogens (primary N) is 2. The van der Waals surface area contributed by atoms with Crippen molar-refractivity contribution in [2.75, 3.05) is 18.6 Å². The van der Waals surface area contributed by atoms with E-state index in [9.17, 15) is 24.0 Å². The van der Waals surface area contributed by atoms with Crippen molar-refractivity contribution in [3.05, 3.63) is 0 Å². The van der Waals surface area contributed by atoms with E-state index in [1.54, 1.807) is 20.1 Å².